The van der Waals surface area contributed by atoms with Crippen molar-refractivity contribution in [3.8, 4) is 0 Å². The van der Waals surface area contributed by atoms with Gasteiger partial charge in [0.2, 0.25) is 0 Å². The SMILES string of the molecule is CCN(CC)CCCc1ccc2[nH]c(C)c(C(=O)OCc3ccccc3)c2c1. The van der Waals surface area contributed by atoms with E-state index in [2.05, 4.69) is 41.9 Å². The minimum Gasteiger partial charge on any atom is -0.457 e. The van der Waals surface area contributed by atoms with Crippen LogP contribution in [0, 0.1) is 6.92 Å². The molecule has 0 amide bonds. The summed E-state index contributed by atoms with van der Waals surface area (Å²) in [5, 5.41) is 0.955. The highest BCUT2D eigenvalue weighted by atomic mass is 16.5. The lowest BCUT2D eigenvalue weighted by Crippen LogP contribution is -2.24. The van der Waals surface area contributed by atoms with E-state index in [1.54, 1.807) is 0 Å². The number of fused-ring (bicyclic) bond motifs is 1. The zero-order valence-electron chi connectivity index (χ0n) is 17.1. The summed E-state index contributed by atoms with van der Waals surface area (Å²) in [6.07, 6.45) is 2.12. The second-order valence-corrected chi connectivity index (χ2v) is 7.20. The maximum atomic E-state index is 12.8. The highest BCUT2D eigenvalue weighted by molar-refractivity contribution is 6.05. The van der Waals surface area contributed by atoms with E-state index in [-0.39, 0.29) is 12.6 Å². The third kappa shape index (κ3) is 4.82. The number of hydrogen-bond acceptors (Lipinski definition) is 3. The van der Waals surface area contributed by atoms with E-state index in [9.17, 15) is 4.79 Å². The Bertz CT molecular complexity index is 911. The molecule has 1 aromatic heterocycles. The summed E-state index contributed by atoms with van der Waals surface area (Å²) in [5.74, 6) is -0.270. The lowest BCUT2D eigenvalue weighted by molar-refractivity contribution is 0.0474. The number of aryl methyl sites for hydroxylation is 2. The number of nitrogens with zero attached hydrogens (tertiary/aromatic N) is 1. The van der Waals surface area contributed by atoms with Crippen LogP contribution in [0.25, 0.3) is 10.9 Å². The van der Waals surface area contributed by atoms with Crippen molar-refractivity contribution in [1.29, 1.82) is 0 Å². The van der Waals surface area contributed by atoms with Crippen LogP contribution in [-0.2, 0) is 17.8 Å². The summed E-state index contributed by atoms with van der Waals surface area (Å²) in [6.45, 7) is 9.89. The van der Waals surface area contributed by atoms with Crippen molar-refractivity contribution in [2.75, 3.05) is 19.6 Å². The monoisotopic (exact) mass is 378 g/mol. The molecule has 2 aromatic carbocycles. The van der Waals surface area contributed by atoms with Crippen LogP contribution < -0.4 is 0 Å². The van der Waals surface area contributed by atoms with Gasteiger partial charge < -0.3 is 14.6 Å². The first-order valence-electron chi connectivity index (χ1n) is 10.2. The summed E-state index contributed by atoms with van der Waals surface area (Å²) in [6, 6.07) is 16.1. The first kappa shape index (κ1) is 20.2. The Morgan fingerprint density at radius 1 is 1.04 bits per heavy atom. The third-order valence-electron chi connectivity index (χ3n) is 5.30. The Morgan fingerprint density at radius 3 is 2.50 bits per heavy atom. The lowest BCUT2D eigenvalue weighted by atomic mass is 10.0. The molecule has 0 saturated heterocycles. The summed E-state index contributed by atoms with van der Waals surface area (Å²) in [5.41, 5.74) is 4.74. The Labute approximate surface area is 167 Å². The minimum absolute atomic E-state index is 0.270. The van der Waals surface area contributed by atoms with Crippen LogP contribution in [0.1, 0.15) is 47.4 Å². The molecule has 28 heavy (non-hydrogen) atoms. The molecule has 1 N–H and O–H groups in total. The van der Waals surface area contributed by atoms with Gasteiger partial charge in [-0.2, -0.15) is 0 Å². The largest absolute Gasteiger partial charge is 0.457 e. The number of rotatable bonds is 9. The molecule has 0 unspecified atom stereocenters. The molecular formula is C24H30N2O2. The number of nitrogens with one attached hydrogen (secondary N) is 1. The molecule has 0 aliphatic rings. The Kier molecular flexibility index (Phi) is 6.88. The molecule has 0 aliphatic carbocycles. The minimum atomic E-state index is -0.270. The van der Waals surface area contributed by atoms with Gasteiger partial charge in [0.15, 0.2) is 0 Å². The number of benzene rings is 2. The Morgan fingerprint density at radius 2 is 1.79 bits per heavy atom. The van der Waals surface area contributed by atoms with Gasteiger partial charge in [0, 0.05) is 16.6 Å². The normalized spacial score (nSPS) is 11.3. The van der Waals surface area contributed by atoms with Crippen molar-refractivity contribution >= 4 is 16.9 Å². The van der Waals surface area contributed by atoms with E-state index in [4.69, 9.17) is 4.74 Å². The Hall–Kier alpha value is -2.59. The van der Waals surface area contributed by atoms with Crippen LogP contribution >= 0.6 is 0 Å². The van der Waals surface area contributed by atoms with Crippen LogP contribution in [0.5, 0.6) is 0 Å². The van der Waals surface area contributed by atoms with Crippen molar-refractivity contribution in [3.63, 3.8) is 0 Å². The maximum absolute atomic E-state index is 12.8. The summed E-state index contributed by atoms with van der Waals surface area (Å²) >= 11 is 0. The predicted molar refractivity (Wildman–Crippen MR) is 115 cm³/mol. The van der Waals surface area contributed by atoms with Gasteiger partial charge in [-0.25, -0.2) is 4.79 Å². The second kappa shape index (κ2) is 9.56. The van der Waals surface area contributed by atoms with E-state index in [1.165, 1.54) is 5.56 Å². The van der Waals surface area contributed by atoms with Gasteiger partial charge in [-0.15, -0.1) is 0 Å². The molecule has 4 nitrogen and oxygen atoms in total. The van der Waals surface area contributed by atoms with E-state index >= 15 is 0 Å². The number of carbonyl (C=O) groups is 1. The number of carbonyl (C=O) groups excluding carboxylic acids is 1. The third-order valence-corrected chi connectivity index (χ3v) is 5.30. The second-order valence-electron chi connectivity index (χ2n) is 7.20. The molecule has 0 radical (unpaired) electrons. The van der Waals surface area contributed by atoms with E-state index in [0.717, 1.165) is 54.6 Å². The van der Waals surface area contributed by atoms with Crippen LogP contribution in [0.2, 0.25) is 0 Å². The van der Waals surface area contributed by atoms with Gasteiger partial charge in [-0.1, -0.05) is 50.2 Å². The fourth-order valence-electron chi connectivity index (χ4n) is 3.63. The molecule has 4 heteroatoms. The number of esters is 1. The standard InChI is InChI=1S/C24H30N2O2/c1-4-26(5-2)15-9-12-19-13-14-22-21(16-19)23(18(3)25-22)24(27)28-17-20-10-7-6-8-11-20/h6-8,10-11,13-14,16,25H,4-5,9,12,15,17H2,1-3H3. The van der Waals surface area contributed by atoms with Crippen molar-refractivity contribution in [3.05, 3.63) is 70.9 Å². The molecule has 3 rings (SSSR count). The number of aromatic nitrogens is 1. The molecule has 0 aliphatic heterocycles. The topological polar surface area (TPSA) is 45.3 Å². The number of hydrogen-bond donors (Lipinski definition) is 1. The van der Waals surface area contributed by atoms with E-state index in [0.29, 0.717) is 5.56 Å². The van der Waals surface area contributed by atoms with Gasteiger partial charge in [0.1, 0.15) is 6.61 Å². The average molecular weight is 379 g/mol. The predicted octanol–water partition coefficient (Wildman–Crippen LogP) is 5.11. The van der Waals surface area contributed by atoms with Gasteiger partial charge in [-0.3, -0.25) is 0 Å². The van der Waals surface area contributed by atoms with Crippen molar-refractivity contribution in [2.24, 2.45) is 0 Å². The average Bonchev–Trinajstić information content (AvgIpc) is 3.05. The molecule has 0 spiro atoms. The fourth-order valence-corrected chi connectivity index (χ4v) is 3.63. The molecule has 0 bridgehead atoms. The van der Waals surface area contributed by atoms with E-state index < -0.39 is 0 Å². The molecule has 1 heterocycles. The molecular weight excluding hydrogens is 348 g/mol. The van der Waals surface area contributed by atoms with Crippen molar-refractivity contribution in [2.45, 2.75) is 40.2 Å². The van der Waals surface area contributed by atoms with Crippen LogP contribution in [-0.4, -0.2) is 35.5 Å². The first-order valence-corrected chi connectivity index (χ1v) is 10.2. The zero-order chi connectivity index (χ0) is 19.9. The maximum Gasteiger partial charge on any atom is 0.340 e. The molecule has 0 atom stereocenters. The van der Waals surface area contributed by atoms with Crippen molar-refractivity contribution < 1.29 is 9.53 Å². The molecule has 148 valence electrons. The summed E-state index contributed by atoms with van der Waals surface area (Å²) < 4.78 is 5.58. The van der Waals surface area contributed by atoms with Gasteiger partial charge in [0.25, 0.3) is 0 Å². The van der Waals surface area contributed by atoms with Crippen LogP contribution in [0.4, 0.5) is 0 Å². The van der Waals surface area contributed by atoms with Gasteiger partial charge in [0.05, 0.1) is 5.56 Å². The fraction of sp³-hybridized carbons (Fsp3) is 0.375. The number of aromatic amines is 1. The van der Waals surface area contributed by atoms with E-state index in [1.807, 2.05) is 37.3 Å². The number of H-pyrrole nitrogens is 1. The van der Waals surface area contributed by atoms with Crippen LogP contribution in [0.15, 0.2) is 48.5 Å². The molecule has 0 fully saturated rings. The Balaban J connectivity index is 1.72. The van der Waals surface area contributed by atoms with Gasteiger partial charge in [-0.05, 0) is 62.7 Å². The molecule has 0 saturated carbocycles. The first-order chi connectivity index (χ1) is 13.6. The highest BCUT2D eigenvalue weighted by Gasteiger charge is 2.18. The smallest absolute Gasteiger partial charge is 0.340 e. The number of ether oxygens (including phenoxy) is 1. The quantitative estimate of drug-likeness (QED) is 0.526. The lowest BCUT2D eigenvalue weighted by Gasteiger charge is -2.17. The zero-order valence-corrected chi connectivity index (χ0v) is 17.1. The summed E-state index contributed by atoms with van der Waals surface area (Å²) in [7, 11) is 0. The van der Waals surface area contributed by atoms with Crippen molar-refractivity contribution in [1.82, 2.24) is 9.88 Å². The van der Waals surface area contributed by atoms with Gasteiger partial charge >= 0.3 is 5.97 Å². The summed E-state index contributed by atoms with van der Waals surface area (Å²) in [4.78, 5) is 18.5. The molecule has 3 aromatic rings. The van der Waals surface area contributed by atoms with Crippen LogP contribution in [0.3, 0.4) is 0 Å². The highest BCUT2D eigenvalue weighted by Crippen LogP contribution is 2.25.